The van der Waals surface area contributed by atoms with E-state index in [0.29, 0.717) is 5.02 Å². The van der Waals surface area contributed by atoms with Gasteiger partial charge in [-0.05, 0) is 45.9 Å². The first-order chi connectivity index (χ1) is 9.10. The van der Waals surface area contributed by atoms with Gasteiger partial charge in [0.2, 0.25) is 5.91 Å². The van der Waals surface area contributed by atoms with Gasteiger partial charge < -0.3 is 15.7 Å². The number of benzene rings is 1. The third-order valence-corrected chi connectivity index (χ3v) is 2.68. The molecule has 0 aliphatic rings. The van der Waals surface area contributed by atoms with E-state index in [4.69, 9.17) is 11.6 Å². The molecule has 3 N–H and O–H groups in total. The number of amides is 2. The number of carbonyl (C=O) groups is 2. The molecule has 0 fully saturated rings. The molecular formula is C14H19ClN2O3. The molecule has 1 aromatic carbocycles. The molecule has 0 aliphatic carbocycles. The molecule has 1 aromatic rings. The molecule has 0 aromatic heterocycles. The Hall–Kier alpha value is -1.75. The number of phenols is 1. The van der Waals surface area contributed by atoms with E-state index in [1.54, 1.807) is 6.92 Å². The standard InChI is InChI=1S/C14H19ClN2O3/c1-8(12(19)17-14(2,3)4)16-13(20)10-7-9(15)5-6-11(10)18/h5-8,18H,1-4H3,(H,16,20)(H,17,19). The monoisotopic (exact) mass is 298 g/mol. The second kappa shape index (κ2) is 6.13. The van der Waals surface area contributed by atoms with Crippen molar-refractivity contribution in [3.05, 3.63) is 28.8 Å². The summed E-state index contributed by atoms with van der Waals surface area (Å²) in [4.78, 5) is 23.9. The third-order valence-electron chi connectivity index (χ3n) is 2.44. The lowest BCUT2D eigenvalue weighted by atomic mass is 10.1. The second-order valence-corrected chi connectivity index (χ2v) is 6.03. The van der Waals surface area contributed by atoms with E-state index in [1.165, 1.54) is 18.2 Å². The van der Waals surface area contributed by atoms with Gasteiger partial charge in [0.1, 0.15) is 11.8 Å². The van der Waals surface area contributed by atoms with Crippen molar-refractivity contribution >= 4 is 23.4 Å². The van der Waals surface area contributed by atoms with Crippen LogP contribution in [0.5, 0.6) is 5.75 Å². The number of aromatic hydroxyl groups is 1. The Morgan fingerprint density at radius 2 is 1.90 bits per heavy atom. The van der Waals surface area contributed by atoms with E-state index in [0.717, 1.165) is 0 Å². The van der Waals surface area contributed by atoms with Crippen molar-refractivity contribution in [2.75, 3.05) is 0 Å². The first-order valence-corrected chi connectivity index (χ1v) is 6.59. The number of hydrogen-bond acceptors (Lipinski definition) is 3. The van der Waals surface area contributed by atoms with Gasteiger partial charge in [0, 0.05) is 10.6 Å². The zero-order chi connectivity index (χ0) is 15.5. The van der Waals surface area contributed by atoms with Crippen molar-refractivity contribution in [3.63, 3.8) is 0 Å². The van der Waals surface area contributed by atoms with Crippen LogP contribution in [0.2, 0.25) is 5.02 Å². The highest BCUT2D eigenvalue weighted by Gasteiger charge is 2.22. The Balaban J connectivity index is 2.75. The molecule has 2 amide bonds. The smallest absolute Gasteiger partial charge is 0.255 e. The van der Waals surface area contributed by atoms with Gasteiger partial charge in [0.15, 0.2) is 0 Å². The van der Waals surface area contributed by atoms with Crippen LogP contribution >= 0.6 is 11.6 Å². The van der Waals surface area contributed by atoms with Crippen LogP contribution in [0, 0.1) is 0 Å². The zero-order valence-corrected chi connectivity index (χ0v) is 12.7. The normalized spacial score (nSPS) is 12.7. The predicted octanol–water partition coefficient (Wildman–Crippen LogP) is 2.08. The summed E-state index contributed by atoms with van der Waals surface area (Å²) in [7, 11) is 0. The molecule has 0 bridgehead atoms. The largest absolute Gasteiger partial charge is 0.507 e. The summed E-state index contributed by atoms with van der Waals surface area (Å²) in [6.07, 6.45) is 0. The molecule has 0 saturated heterocycles. The van der Waals surface area contributed by atoms with E-state index >= 15 is 0 Å². The maximum absolute atomic E-state index is 12.0. The van der Waals surface area contributed by atoms with Gasteiger partial charge in [-0.15, -0.1) is 0 Å². The fraction of sp³-hybridized carbons (Fsp3) is 0.429. The Morgan fingerprint density at radius 1 is 1.30 bits per heavy atom. The fourth-order valence-corrected chi connectivity index (χ4v) is 1.68. The number of nitrogens with one attached hydrogen (secondary N) is 2. The summed E-state index contributed by atoms with van der Waals surface area (Å²) in [5.41, 5.74) is -0.346. The van der Waals surface area contributed by atoms with Crippen LogP contribution in [0.15, 0.2) is 18.2 Å². The van der Waals surface area contributed by atoms with Gasteiger partial charge in [-0.3, -0.25) is 9.59 Å². The van der Waals surface area contributed by atoms with Crippen molar-refractivity contribution in [1.29, 1.82) is 0 Å². The van der Waals surface area contributed by atoms with Crippen LogP contribution < -0.4 is 10.6 Å². The Morgan fingerprint density at radius 3 is 2.45 bits per heavy atom. The van der Waals surface area contributed by atoms with E-state index in [-0.39, 0.29) is 22.8 Å². The molecule has 110 valence electrons. The third kappa shape index (κ3) is 4.74. The Bertz CT molecular complexity index is 524. The van der Waals surface area contributed by atoms with Gasteiger partial charge >= 0.3 is 0 Å². The Kier molecular flexibility index (Phi) is 5.00. The second-order valence-electron chi connectivity index (χ2n) is 5.60. The van der Waals surface area contributed by atoms with E-state index in [1.807, 2.05) is 20.8 Å². The molecule has 0 heterocycles. The summed E-state index contributed by atoms with van der Waals surface area (Å²) in [5.74, 6) is -1.04. The highest BCUT2D eigenvalue weighted by atomic mass is 35.5. The van der Waals surface area contributed by atoms with Crippen LogP contribution in [0.1, 0.15) is 38.1 Å². The van der Waals surface area contributed by atoms with Crippen molar-refractivity contribution in [3.8, 4) is 5.75 Å². The number of hydrogen-bond donors (Lipinski definition) is 3. The maximum Gasteiger partial charge on any atom is 0.255 e. The first kappa shape index (κ1) is 16.3. The molecule has 0 spiro atoms. The molecule has 0 radical (unpaired) electrons. The van der Waals surface area contributed by atoms with Crippen molar-refractivity contribution in [1.82, 2.24) is 10.6 Å². The van der Waals surface area contributed by atoms with Crippen LogP contribution in [-0.2, 0) is 4.79 Å². The molecule has 5 nitrogen and oxygen atoms in total. The van der Waals surface area contributed by atoms with Crippen molar-refractivity contribution in [2.24, 2.45) is 0 Å². The van der Waals surface area contributed by atoms with Gasteiger partial charge in [0.25, 0.3) is 5.91 Å². The predicted molar refractivity (Wildman–Crippen MR) is 77.9 cm³/mol. The molecular weight excluding hydrogens is 280 g/mol. The van der Waals surface area contributed by atoms with E-state index in [2.05, 4.69) is 10.6 Å². The summed E-state index contributed by atoms with van der Waals surface area (Å²) < 4.78 is 0. The number of carbonyl (C=O) groups excluding carboxylic acids is 2. The first-order valence-electron chi connectivity index (χ1n) is 6.21. The van der Waals surface area contributed by atoms with Crippen molar-refractivity contribution in [2.45, 2.75) is 39.3 Å². The summed E-state index contributed by atoms with van der Waals surface area (Å²) >= 11 is 5.78. The quantitative estimate of drug-likeness (QED) is 0.799. The van der Waals surface area contributed by atoms with Gasteiger partial charge in [-0.1, -0.05) is 11.6 Å². The van der Waals surface area contributed by atoms with E-state index in [9.17, 15) is 14.7 Å². The molecule has 6 heteroatoms. The van der Waals surface area contributed by atoms with Gasteiger partial charge in [-0.25, -0.2) is 0 Å². The summed E-state index contributed by atoms with van der Waals surface area (Å²) in [6.45, 7) is 7.12. The minimum atomic E-state index is -0.722. The summed E-state index contributed by atoms with van der Waals surface area (Å²) in [6, 6.07) is 3.43. The number of rotatable bonds is 3. The molecule has 1 atom stereocenters. The van der Waals surface area contributed by atoms with Crippen LogP contribution in [0.4, 0.5) is 0 Å². The van der Waals surface area contributed by atoms with Crippen molar-refractivity contribution < 1.29 is 14.7 Å². The van der Waals surface area contributed by atoms with Crippen LogP contribution in [0.25, 0.3) is 0 Å². The SMILES string of the molecule is CC(NC(=O)c1cc(Cl)ccc1O)C(=O)NC(C)(C)C. The van der Waals surface area contributed by atoms with Crippen LogP contribution in [0.3, 0.4) is 0 Å². The highest BCUT2D eigenvalue weighted by molar-refractivity contribution is 6.31. The fourth-order valence-electron chi connectivity index (χ4n) is 1.51. The molecule has 0 aliphatic heterocycles. The Labute approximate surface area is 123 Å². The average molecular weight is 299 g/mol. The minimum absolute atomic E-state index is 0.0351. The average Bonchev–Trinajstić information content (AvgIpc) is 2.29. The lowest BCUT2D eigenvalue weighted by Gasteiger charge is -2.23. The molecule has 1 unspecified atom stereocenters. The van der Waals surface area contributed by atoms with Gasteiger partial charge in [0.05, 0.1) is 5.56 Å². The van der Waals surface area contributed by atoms with E-state index < -0.39 is 11.9 Å². The molecule has 1 rings (SSSR count). The molecule has 0 saturated carbocycles. The van der Waals surface area contributed by atoms with Gasteiger partial charge in [-0.2, -0.15) is 0 Å². The zero-order valence-electron chi connectivity index (χ0n) is 12.0. The van der Waals surface area contributed by atoms with Crippen LogP contribution in [-0.4, -0.2) is 28.5 Å². The number of phenolic OH excluding ortho intramolecular Hbond substituents is 1. The highest BCUT2D eigenvalue weighted by Crippen LogP contribution is 2.21. The lowest BCUT2D eigenvalue weighted by molar-refractivity contribution is -0.124. The maximum atomic E-state index is 12.0. The number of halogens is 1. The minimum Gasteiger partial charge on any atom is -0.507 e. The lowest BCUT2D eigenvalue weighted by Crippen LogP contribution is -2.50. The topological polar surface area (TPSA) is 78.4 Å². The molecule has 20 heavy (non-hydrogen) atoms. The summed E-state index contributed by atoms with van der Waals surface area (Å²) in [5, 5.41) is 15.2.